The maximum Gasteiger partial charge on any atom is 0.337 e. The molecule has 3 heterocycles. The second kappa shape index (κ2) is 6.16. The predicted octanol–water partition coefficient (Wildman–Crippen LogP) is 2.38. The van der Waals surface area contributed by atoms with Crippen molar-refractivity contribution in [1.82, 2.24) is 10.2 Å². The Morgan fingerprint density at radius 3 is 2.76 bits per heavy atom. The van der Waals surface area contributed by atoms with Gasteiger partial charge in [-0.1, -0.05) is 12.1 Å². The van der Waals surface area contributed by atoms with Gasteiger partial charge in [-0.05, 0) is 36.7 Å². The van der Waals surface area contributed by atoms with Crippen molar-refractivity contribution in [2.75, 3.05) is 26.0 Å². The SMILES string of the molecule is COC(=O)c1ccc([C@@H]2NC(=O)c3c(sc4c3CCN(C)C4)N2)cc1. The number of nitrogens with one attached hydrogen (secondary N) is 2. The summed E-state index contributed by atoms with van der Waals surface area (Å²) in [4.78, 5) is 27.8. The van der Waals surface area contributed by atoms with Crippen LogP contribution in [0, 0.1) is 0 Å². The number of ether oxygens (including phenoxy) is 1. The molecule has 2 aromatic rings. The number of esters is 1. The first-order valence-electron chi connectivity index (χ1n) is 8.15. The van der Waals surface area contributed by atoms with E-state index in [1.54, 1.807) is 23.5 Å². The van der Waals surface area contributed by atoms with Crippen molar-refractivity contribution in [2.45, 2.75) is 19.1 Å². The average Bonchev–Trinajstić information content (AvgIpc) is 2.98. The van der Waals surface area contributed by atoms with Gasteiger partial charge in [0.05, 0.1) is 18.2 Å². The minimum atomic E-state index is -0.371. The monoisotopic (exact) mass is 357 g/mol. The lowest BCUT2D eigenvalue weighted by molar-refractivity contribution is 0.0600. The number of hydrogen-bond donors (Lipinski definition) is 2. The largest absolute Gasteiger partial charge is 0.465 e. The van der Waals surface area contributed by atoms with Crippen LogP contribution in [0.15, 0.2) is 24.3 Å². The zero-order valence-electron chi connectivity index (χ0n) is 14.1. The lowest BCUT2D eigenvalue weighted by Crippen LogP contribution is -2.38. The van der Waals surface area contributed by atoms with Crippen molar-refractivity contribution in [1.29, 1.82) is 0 Å². The van der Waals surface area contributed by atoms with Gasteiger partial charge in [0.1, 0.15) is 11.2 Å². The quantitative estimate of drug-likeness (QED) is 0.808. The van der Waals surface area contributed by atoms with Gasteiger partial charge in [-0.25, -0.2) is 4.79 Å². The average molecular weight is 357 g/mol. The van der Waals surface area contributed by atoms with Crippen molar-refractivity contribution in [3.63, 3.8) is 0 Å². The molecule has 0 saturated carbocycles. The van der Waals surface area contributed by atoms with Crippen LogP contribution in [0.3, 0.4) is 0 Å². The predicted molar refractivity (Wildman–Crippen MR) is 96.0 cm³/mol. The third-order valence-electron chi connectivity index (χ3n) is 4.69. The molecule has 6 nitrogen and oxygen atoms in total. The Hall–Kier alpha value is -2.38. The summed E-state index contributed by atoms with van der Waals surface area (Å²) in [6, 6.07) is 7.07. The summed E-state index contributed by atoms with van der Waals surface area (Å²) in [5.74, 6) is -0.401. The van der Waals surface area contributed by atoms with Crippen LogP contribution >= 0.6 is 11.3 Å². The van der Waals surface area contributed by atoms with Gasteiger partial charge in [0.25, 0.3) is 5.91 Å². The molecule has 2 aliphatic rings. The minimum Gasteiger partial charge on any atom is -0.465 e. The van der Waals surface area contributed by atoms with E-state index in [1.165, 1.54) is 17.6 Å². The molecular formula is C18H19N3O3S. The fourth-order valence-corrected chi connectivity index (χ4v) is 4.69. The van der Waals surface area contributed by atoms with E-state index in [2.05, 4.69) is 22.6 Å². The van der Waals surface area contributed by atoms with Crippen LogP contribution in [0.4, 0.5) is 5.00 Å². The molecule has 0 spiro atoms. The summed E-state index contributed by atoms with van der Waals surface area (Å²) < 4.78 is 4.71. The number of benzene rings is 1. The molecule has 0 saturated heterocycles. The molecule has 1 amide bonds. The highest BCUT2D eigenvalue weighted by Crippen LogP contribution is 2.40. The molecule has 2 aliphatic heterocycles. The Morgan fingerprint density at radius 1 is 1.28 bits per heavy atom. The molecule has 1 aromatic heterocycles. The lowest BCUT2D eigenvalue weighted by atomic mass is 10.0. The van der Waals surface area contributed by atoms with Gasteiger partial charge >= 0.3 is 5.97 Å². The third kappa shape index (κ3) is 2.79. The molecule has 0 radical (unpaired) electrons. The summed E-state index contributed by atoms with van der Waals surface area (Å²) >= 11 is 1.67. The van der Waals surface area contributed by atoms with Crippen molar-refractivity contribution < 1.29 is 14.3 Å². The van der Waals surface area contributed by atoms with E-state index in [0.29, 0.717) is 5.56 Å². The van der Waals surface area contributed by atoms with Crippen LogP contribution < -0.4 is 10.6 Å². The van der Waals surface area contributed by atoms with Gasteiger partial charge < -0.3 is 20.3 Å². The molecule has 25 heavy (non-hydrogen) atoms. The van der Waals surface area contributed by atoms with Crippen LogP contribution in [0.2, 0.25) is 0 Å². The van der Waals surface area contributed by atoms with Crippen molar-refractivity contribution in [3.8, 4) is 0 Å². The van der Waals surface area contributed by atoms with Crippen LogP contribution in [-0.4, -0.2) is 37.5 Å². The first-order chi connectivity index (χ1) is 12.1. The van der Waals surface area contributed by atoms with Gasteiger partial charge in [-0.2, -0.15) is 0 Å². The number of likely N-dealkylation sites (N-methyl/N-ethyl adjacent to an activating group) is 1. The molecule has 0 fully saturated rings. The van der Waals surface area contributed by atoms with Crippen molar-refractivity contribution >= 4 is 28.2 Å². The number of fused-ring (bicyclic) bond motifs is 3. The molecule has 4 rings (SSSR count). The fourth-order valence-electron chi connectivity index (χ4n) is 3.34. The minimum absolute atomic E-state index is 0.0298. The van der Waals surface area contributed by atoms with E-state index in [1.807, 2.05) is 12.1 Å². The first-order valence-corrected chi connectivity index (χ1v) is 8.97. The van der Waals surface area contributed by atoms with E-state index in [9.17, 15) is 9.59 Å². The van der Waals surface area contributed by atoms with Crippen molar-refractivity contribution in [3.05, 3.63) is 51.4 Å². The van der Waals surface area contributed by atoms with Gasteiger partial charge in [0, 0.05) is 18.0 Å². The van der Waals surface area contributed by atoms with Crippen LogP contribution in [-0.2, 0) is 17.7 Å². The number of anilines is 1. The van der Waals surface area contributed by atoms with Gasteiger partial charge in [-0.3, -0.25) is 4.79 Å². The van der Waals surface area contributed by atoms with E-state index < -0.39 is 0 Å². The maximum atomic E-state index is 12.7. The Kier molecular flexibility index (Phi) is 3.97. The molecule has 1 atom stereocenters. The van der Waals surface area contributed by atoms with Gasteiger partial charge in [-0.15, -0.1) is 11.3 Å². The fraction of sp³-hybridized carbons (Fsp3) is 0.333. The highest BCUT2D eigenvalue weighted by Gasteiger charge is 2.32. The Labute approximate surface area is 149 Å². The Bertz CT molecular complexity index is 844. The Balaban J connectivity index is 1.61. The molecular weight excluding hydrogens is 338 g/mol. The second-order valence-electron chi connectivity index (χ2n) is 6.36. The molecule has 1 aromatic carbocycles. The number of carbonyl (C=O) groups excluding carboxylic acids is 2. The molecule has 0 unspecified atom stereocenters. The smallest absolute Gasteiger partial charge is 0.337 e. The lowest BCUT2D eigenvalue weighted by Gasteiger charge is -2.27. The summed E-state index contributed by atoms with van der Waals surface area (Å²) in [5, 5.41) is 7.39. The highest BCUT2D eigenvalue weighted by atomic mass is 32.1. The zero-order chi connectivity index (χ0) is 17.6. The summed E-state index contributed by atoms with van der Waals surface area (Å²) in [5.41, 5.74) is 3.37. The molecule has 0 bridgehead atoms. The maximum absolute atomic E-state index is 12.7. The third-order valence-corrected chi connectivity index (χ3v) is 5.84. The Morgan fingerprint density at radius 2 is 2.04 bits per heavy atom. The van der Waals surface area contributed by atoms with Crippen molar-refractivity contribution in [2.24, 2.45) is 0 Å². The number of rotatable bonds is 2. The molecule has 7 heteroatoms. The van der Waals surface area contributed by atoms with E-state index >= 15 is 0 Å². The zero-order valence-corrected chi connectivity index (χ0v) is 14.9. The van der Waals surface area contributed by atoms with Crippen LogP contribution in [0.1, 0.15) is 42.9 Å². The van der Waals surface area contributed by atoms with E-state index in [-0.39, 0.29) is 18.0 Å². The van der Waals surface area contributed by atoms with E-state index in [0.717, 1.165) is 35.6 Å². The topological polar surface area (TPSA) is 70.7 Å². The number of methoxy groups -OCH3 is 1. The summed E-state index contributed by atoms with van der Waals surface area (Å²) in [6.07, 6.45) is 0.607. The van der Waals surface area contributed by atoms with Gasteiger partial charge in [0.15, 0.2) is 0 Å². The number of amides is 1. The molecule has 130 valence electrons. The summed E-state index contributed by atoms with van der Waals surface area (Å²) in [6.45, 7) is 1.86. The summed E-state index contributed by atoms with van der Waals surface area (Å²) in [7, 11) is 3.46. The first kappa shape index (κ1) is 16.1. The number of carbonyl (C=O) groups is 2. The number of hydrogen-bond acceptors (Lipinski definition) is 6. The van der Waals surface area contributed by atoms with E-state index in [4.69, 9.17) is 4.74 Å². The molecule has 2 N–H and O–H groups in total. The highest BCUT2D eigenvalue weighted by molar-refractivity contribution is 7.16. The second-order valence-corrected chi connectivity index (χ2v) is 7.47. The normalized spacial score (nSPS) is 19.4. The molecule has 0 aliphatic carbocycles. The number of nitrogens with zero attached hydrogens (tertiary/aromatic N) is 1. The standard InChI is InChI=1S/C18H19N3O3S/c1-21-8-7-12-13(9-21)25-17-14(12)16(22)19-15(20-17)10-3-5-11(6-4-10)18(23)24-2/h3-6,15,20H,7-9H2,1-2H3,(H,19,22)/t15-/m1/s1. The van der Waals surface area contributed by atoms with Crippen LogP contribution in [0.5, 0.6) is 0 Å². The van der Waals surface area contributed by atoms with Crippen LogP contribution in [0.25, 0.3) is 0 Å². The number of thiophene rings is 1. The van der Waals surface area contributed by atoms with Gasteiger partial charge in [0.2, 0.25) is 0 Å².